The Labute approximate surface area is 176 Å². The number of hydrogen-bond donors (Lipinski definition) is 0. The van der Waals surface area contributed by atoms with Crippen LogP contribution in [0.2, 0.25) is 0 Å². The van der Waals surface area contributed by atoms with Crippen molar-refractivity contribution in [3.8, 4) is 5.75 Å². The van der Waals surface area contributed by atoms with Crippen molar-refractivity contribution in [2.75, 3.05) is 20.8 Å². The fourth-order valence-electron chi connectivity index (χ4n) is 3.61. The van der Waals surface area contributed by atoms with Gasteiger partial charge in [0.15, 0.2) is 5.78 Å². The second-order valence-electron chi connectivity index (χ2n) is 6.97. The van der Waals surface area contributed by atoms with Gasteiger partial charge in [-0.05, 0) is 38.5 Å². The molecule has 0 aliphatic heterocycles. The van der Waals surface area contributed by atoms with E-state index in [9.17, 15) is 14.4 Å². The van der Waals surface area contributed by atoms with E-state index in [1.807, 2.05) is 0 Å². The lowest BCUT2D eigenvalue weighted by Gasteiger charge is -2.28. The second-order valence-corrected chi connectivity index (χ2v) is 6.97. The van der Waals surface area contributed by atoms with E-state index in [0.29, 0.717) is 33.8 Å². The third-order valence-electron chi connectivity index (χ3n) is 5.33. The molecule has 2 aromatic rings. The molecule has 0 fully saturated rings. The topological polar surface area (TPSA) is 77.8 Å². The Bertz CT molecular complexity index is 990. The number of Topliss-reactive ketones (excluding diaryl/α,β-unsaturated/α-hetero) is 1. The lowest BCUT2D eigenvalue weighted by Crippen LogP contribution is -2.43. The molecule has 2 rings (SSSR count). The molecule has 0 saturated heterocycles. The van der Waals surface area contributed by atoms with Crippen molar-refractivity contribution >= 4 is 17.7 Å². The number of carbonyl (C=O) groups excluding carboxylic acids is 3. The first-order valence-electron chi connectivity index (χ1n) is 9.54. The van der Waals surface area contributed by atoms with Crippen molar-refractivity contribution in [2.45, 2.75) is 26.8 Å². The number of para-hydroxylation sites is 1. The highest BCUT2D eigenvalue weighted by molar-refractivity contribution is 6.08. The summed E-state index contributed by atoms with van der Waals surface area (Å²) in [4.78, 5) is 40.3. The highest BCUT2D eigenvalue weighted by atomic mass is 16.5. The summed E-state index contributed by atoms with van der Waals surface area (Å²) < 4.78 is 11.8. The summed E-state index contributed by atoms with van der Waals surface area (Å²) in [7, 11) is 4.49. The Morgan fingerprint density at radius 3 is 2.40 bits per heavy atom. The first-order valence-corrected chi connectivity index (χ1v) is 9.54. The molecule has 160 valence electrons. The Morgan fingerprint density at radius 2 is 1.83 bits per heavy atom. The predicted molar refractivity (Wildman–Crippen MR) is 114 cm³/mol. The zero-order valence-corrected chi connectivity index (χ0v) is 18.3. The van der Waals surface area contributed by atoms with Crippen LogP contribution in [0.5, 0.6) is 5.75 Å². The van der Waals surface area contributed by atoms with Gasteiger partial charge in [-0.3, -0.25) is 9.59 Å². The van der Waals surface area contributed by atoms with E-state index in [1.54, 1.807) is 62.7 Å². The number of benzene rings is 1. The highest BCUT2D eigenvalue weighted by Gasteiger charge is 2.33. The molecule has 0 unspecified atom stereocenters. The summed E-state index contributed by atoms with van der Waals surface area (Å²) in [6.07, 6.45) is 1.57. The third kappa shape index (κ3) is 4.01. The quantitative estimate of drug-likeness (QED) is 0.378. The molecule has 0 N–H and O–H groups in total. The molecule has 0 radical (unpaired) electrons. The molecular weight excluding hydrogens is 384 g/mol. The molecule has 30 heavy (non-hydrogen) atoms. The number of amides is 1. The van der Waals surface area contributed by atoms with Gasteiger partial charge in [-0.15, -0.1) is 6.58 Å². The number of esters is 1. The molecular formula is C23H28N2O5. The van der Waals surface area contributed by atoms with E-state index in [2.05, 4.69) is 6.58 Å². The van der Waals surface area contributed by atoms with E-state index in [0.717, 1.165) is 0 Å². The van der Waals surface area contributed by atoms with E-state index in [-0.39, 0.29) is 18.2 Å². The third-order valence-corrected chi connectivity index (χ3v) is 5.33. The number of aromatic nitrogens is 1. The first kappa shape index (κ1) is 22.9. The summed E-state index contributed by atoms with van der Waals surface area (Å²) >= 11 is 0. The fourth-order valence-corrected chi connectivity index (χ4v) is 3.61. The lowest BCUT2D eigenvalue weighted by atomic mass is 9.99. The maximum absolute atomic E-state index is 13.4. The first-order chi connectivity index (χ1) is 14.2. The summed E-state index contributed by atoms with van der Waals surface area (Å²) in [5, 5.41) is 0. The van der Waals surface area contributed by atoms with Crippen LogP contribution in [0.25, 0.3) is 0 Å². The predicted octanol–water partition coefficient (Wildman–Crippen LogP) is 3.34. The summed E-state index contributed by atoms with van der Waals surface area (Å²) in [5.74, 6) is -0.692. The molecule has 1 amide bonds. The molecule has 7 nitrogen and oxygen atoms in total. The molecule has 7 heteroatoms. The van der Waals surface area contributed by atoms with E-state index >= 15 is 0 Å². The number of ketones is 1. The van der Waals surface area contributed by atoms with Crippen molar-refractivity contribution in [2.24, 2.45) is 7.05 Å². The van der Waals surface area contributed by atoms with Gasteiger partial charge >= 0.3 is 5.97 Å². The smallest absolute Gasteiger partial charge is 0.354 e. The van der Waals surface area contributed by atoms with E-state index in [1.165, 1.54) is 19.1 Å². The van der Waals surface area contributed by atoms with Gasteiger partial charge in [0.05, 0.1) is 25.8 Å². The monoisotopic (exact) mass is 412 g/mol. The number of methoxy groups -OCH3 is 2. The van der Waals surface area contributed by atoms with Crippen molar-refractivity contribution in [1.82, 2.24) is 9.47 Å². The van der Waals surface area contributed by atoms with Gasteiger partial charge in [0.1, 0.15) is 11.4 Å². The van der Waals surface area contributed by atoms with Gasteiger partial charge in [0, 0.05) is 24.8 Å². The van der Waals surface area contributed by atoms with Crippen LogP contribution >= 0.6 is 0 Å². The Hall–Kier alpha value is -3.35. The number of hydrogen-bond acceptors (Lipinski definition) is 5. The highest BCUT2D eigenvalue weighted by Crippen LogP contribution is 2.26. The van der Waals surface area contributed by atoms with Gasteiger partial charge in [-0.2, -0.15) is 0 Å². The van der Waals surface area contributed by atoms with Crippen LogP contribution in [-0.4, -0.2) is 53.9 Å². The van der Waals surface area contributed by atoms with E-state index in [4.69, 9.17) is 9.47 Å². The Kier molecular flexibility index (Phi) is 7.21. The molecule has 0 saturated carbocycles. The molecule has 1 heterocycles. The maximum Gasteiger partial charge on any atom is 0.354 e. The Morgan fingerprint density at radius 1 is 1.20 bits per heavy atom. The van der Waals surface area contributed by atoms with Crippen LogP contribution in [0.4, 0.5) is 0 Å². The van der Waals surface area contributed by atoms with E-state index < -0.39 is 12.0 Å². The van der Waals surface area contributed by atoms with Crippen LogP contribution in [0.3, 0.4) is 0 Å². The zero-order valence-electron chi connectivity index (χ0n) is 18.3. The standard InChI is InChI=1S/C23H28N2O5/c1-8-13-25(22(27)17-11-9-10-12-18(17)29-6)16(4)21(26)19-14(2)20(23(28)30-7)24(5)15(19)3/h8-12,16H,1,13H2,2-7H3/t16-/m1/s1. The zero-order chi connectivity index (χ0) is 22.6. The average Bonchev–Trinajstić information content (AvgIpc) is 2.98. The van der Waals surface area contributed by atoms with Crippen LogP contribution in [0.1, 0.15) is 49.4 Å². The minimum atomic E-state index is -0.786. The van der Waals surface area contributed by atoms with Gasteiger partial charge in [0.25, 0.3) is 5.91 Å². The number of rotatable bonds is 8. The van der Waals surface area contributed by atoms with Gasteiger partial charge in [-0.1, -0.05) is 18.2 Å². The van der Waals surface area contributed by atoms with Crippen molar-refractivity contribution in [3.63, 3.8) is 0 Å². The number of carbonyl (C=O) groups is 3. The van der Waals surface area contributed by atoms with Crippen LogP contribution in [0.15, 0.2) is 36.9 Å². The average molecular weight is 412 g/mol. The lowest BCUT2D eigenvalue weighted by molar-refractivity contribution is 0.0588. The SMILES string of the molecule is C=CCN(C(=O)c1ccccc1OC)[C@H](C)C(=O)c1c(C)c(C(=O)OC)n(C)c1C. The summed E-state index contributed by atoms with van der Waals surface area (Å²) in [6.45, 7) is 9.04. The largest absolute Gasteiger partial charge is 0.496 e. The molecule has 0 bridgehead atoms. The van der Waals surface area contributed by atoms with Crippen LogP contribution in [-0.2, 0) is 11.8 Å². The molecule has 1 atom stereocenters. The second kappa shape index (κ2) is 9.43. The van der Waals surface area contributed by atoms with Crippen molar-refractivity contribution in [1.29, 1.82) is 0 Å². The maximum atomic E-state index is 13.4. The number of nitrogens with zero attached hydrogens (tertiary/aromatic N) is 2. The molecule has 0 aliphatic carbocycles. The van der Waals surface area contributed by atoms with Gasteiger partial charge in [0.2, 0.25) is 0 Å². The van der Waals surface area contributed by atoms with Crippen LogP contribution in [0, 0.1) is 13.8 Å². The van der Waals surface area contributed by atoms with Crippen LogP contribution < -0.4 is 4.74 Å². The number of ether oxygens (including phenoxy) is 2. The molecule has 1 aromatic heterocycles. The van der Waals surface area contributed by atoms with Crippen molar-refractivity contribution in [3.05, 3.63) is 65.0 Å². The summed E-state index contributed by atoms with van der Waals surface area (Å²) in [6, 6.07) is 6.07. The fraction of sp³-hybridized carbons (Fsp3) is 0.348. The van der Waals surface area contributed by atoms with Gasteiger partial charge in [-0.25, -0.2) is 4.79 Å². The molecule has 0 spiro atoms. The molecule has 1 aromatic carbocycles. The normalized spacial score (nSPS) is 11.5. The van der Waals surface area contributed by atoms with Gasteiger partial charge < -0.3 is 18.9 Å². The summed E-state index contributed by atoms with van der Waals surface area (Å²) in [5.41, 5.74) is 2.25. The van der Waals surface area contributed by atoms with Crippen molar-refractivity contribution < 1.29 is 23.9 Å². The minimum absolute atomic E-state index is 0.179. The minimum Gasteiger partial charge on any atom is -0.496 e. The Balaban J connectivity index is 2.49. The molecule has 0 aliphatic rings.